The van der Waals surface area contributed by atoms with Gasteiger partial charge in [0.25, 0.3) is 0 Å². The molecule has 2 rings (SSSR count). The van der Waals surface area contributed by atoms with Crippen LogP contribution in [-0.2, 0) is 4.79 Å². The van der Waals surface area contributed by atoms with Gasteiger partial charge in [-0.2, -0.15) is 0 Å². The Morgan fingerprint density at radius 1 is 1.64 bits per heavy atom. The number of rotatable bonds is 0. The second-order valence-corrected chi connectivity index (χ2v) is 3.63. The van der Waals surface area contributed by atoms with Gasteiger partial charge < -0.3 is 10.2 Å². The van der Waals surface area contributed by atoms with E-state index in [-0.39, 0.29) is 11.9 Å². The van der Waals surface area contributed by atoms with E-state index >= 15 is 0 Å². The standard InChI is InChI=1S/C9H10ClN3O/c1-5-9(14)12-7-6(13(5)2)3-4-11-8(7)10/h3-5H,1-2H3,(H,12,14). The number of hydrogen-bond acceptors (Lipinski definition) is 3. The summed E-state index contributed by atoms with van der Waals surface area (Å²) in [6, 6.07) is 1.65. The van der Waals surface area contributed by atoms with Crippen LogP contribution in [0.25, 0.3) is 0 Å². The Kier molecular flexibility index (Phi) is 2.07. The van der Waals surface area contributed by atoms with E-state index in [2.05, 4.69) is 10.3 Å². The Morgan fingerprint density at radius 2 is 2.36 bits per heavy atom. The number of fused-ring (bicyclic) bond motifs is 1. The fourth-order valence-corrected chi connectivity index (χ4v) is 1.65. The van der Waals surface area contributed by atoms with Crippen LogP contribution < -0.4 is 10.2 Å². The molecule has 1 N–H and O–H groups in total. The number of halogens is 1. The lowest BCUT2D eigenvalue weighted by Gasteiger charge is -2.32. The molecule has 0 bridgehead atoms. The minimum absolute atomic E-state index is 0.0603. The molecule has 0 saturated heterocycles. The highest BCUT2D eigenvalue weighted by Gasteiger charge is 2.28. The third-order valence-corrected chi connectivity index (χ3v) is 2.76. The van der Waals surface area contributed by atoms with Gasteiger partial charge in [-0.3, -0.25) is 4.79 Å². The number of amides is 1. The predicted molar refractivity (Wildman–Crippen MR) is 55.7 cm³/mol. The van der Waals surface area contributed by atoms with Crippen molar-refractivity contribution in [3.8, 4) is 0 Å². The summed E-state index contributed by atoms with van der Waals surface area (Å²) in [5.41, 5.74) is 1.50. The Bertz CT molecular complexity index is 394. The van der Waals surface area contributed by atoms with Gasteiger partial charge in [-0.25, -0.2) is 4.98 Å². The summed E-state index contributed by atoms with van der Waals surface area (Å²) in [6.07, 6.45) is 1.63. The highest BCUT2D eigenvalue weighted by Crippen LogP contribution is 2.34. The number of carbonyl (C=O) groups excluding carboxylic acids is 1. The first-order valence-corrected chi connectivity index (χ1v) is 4.67. The van der Waals surface area contributed by atoms with Gasteiger partial charge in [0.2, 0.25) is 5.91 Å². The molecule has 5 heteroatoms. The monoisotopic (exact) mass is 211 g/mol. The van der Waals surface area contributed by atoms with Gasteiger partial charge in [-0.15, -0.1) is 0 Å². The van der Waals surface area contributed by atoms with Crippen LogP contribution in [0.4, 0.5) is 11.4 Å². The van der Waals surface area contributed by atoms with Gasteiger partial charge in [-0.05, 0) is 13.0 Å². The SMILES string of the molecule is CC1C(=O)Nc2c(ccnc2Cl)N1C. The van der Waals surface area contributed by atoms with E-state index in [9.17, 15) is 4.79 Å². The molecule has 1 atom stereocenters. The fourth-order valence-electron chi connectivity index (χ4n) is 1.45. The molecule has 74 valence electrons. The molecule has 0 aromatic carbocycles. The normalized spacial score (nSPS) is 20.4. The molecule has 0 spiro atoms. The smallest absolute Gasteiger partial charge is 0.246 e. The van der Waals surface area contributed by atoms with Gasteiger partial charge in [0.15, 0.2) is 5.15 Å². The van der Waals surface area contributed by atoms with E-state index in [0.29, 0.717) is 10.8 Å². The number of nitrogens with zero attached hydrogens (tertiary/aromatic N) is 2. The summed E-state index contributed by atoms with van der Waals surface area (Å²) in [7, 11) is 1.86. The van der Waals surface area contributed by atoms with Gasteiger partial charge in [0.1, 0.15) is 11.7 Å². The topological polar surface area (TPSA) is 45.2 Å². The van der Waals surface area contributed by atoms with Crippen LogP contribution in [0.1, 0.15) is 6.92 Å². The number of pyridine rings is 1. The molecule has 1 aromatic heterocycles. The van der Waals surface area contributed by atoms with Gasteiger partial charge in [-0.1, -0.05) is 11.6 Å². The highest BCUT2D eigenvalue weighted by atomic mass is 35.5. The Morgan fingerprint density at radius 3 is 3.07 bits per heavy atom. The molecule has 0 aliphatic carbocycles. The van der Waals surface area contributed by atoms with Crippen LogP contribution in [0.3, 0.4) is 0 Å². The van der Waals surface area contributed by atoms with Crippen molar-refractivity contribution < 1.29 is 4.79 Å². The number of likely N-dealkylation sites (N-methyl/N-ethyl adjacent to an activating group) is 1. The lowest BCUT2D eigenvalue weighted by molar-refractivity contribution is -0.117. The van der Waals surface area contributed by atoms with Crippen molar-refractivity contribution >= 4 is 28.9 Å². The number of nitrogens with one attached hydrogen (secondary N) is 1. The van der Waals surface area contributed by atoms with Gasteiger partial charge in [0.05, 0.1) is 5.69 Å². The van der Waals surface area contributed by atoms with Crippen LogP contribution in [0.15, 0.2) is 12.3 Å². The zero-order chi connectivity index (χ0) is 10.3. The molecule has 0 fully saturated rings. The second kappa shape index (κ2) is 3.13. The maximum absolute atomic E-state index is 11.5. The fraction of sp³-hybridized carbons (Fsp3) is 0.333. The summed E-state index contributed by atoms with van der Waals surface area (Å²) >= 11 is 5.87. The van der Waals surface area contributed by atoms with Gasteiger partial charge >= 0.3 is 0 Å². The molecule has 0 radical (unpaired) electrons. The molecule has 1 aromatic rings. The number of hydrogen-bond donors (Lipinski definition) is 1. The quantitative estimate of drug-likeness (QED) is 0.662. The van der Waals surface area contributed by atoms with E-state index in [4.69, 9.17) is 11.6 Å². The van der Waals surface area contributed by atoms with Crippen molar-refractivity contribution in [2.24, 2.45) is 0 Å². The van der Waals surface area contributed by atoms with Crippen molar-refractivity contribution in [1.82, 2.24) is 4.98 Å². The zero-order valence-electron chi connectivity index (χ0n) is 7.91. The average Bonchev–Trinajstić information content (AvgIpc) is 2.17. The first-order chi connectivity index (χ1) is 6.61. The molecule has 14 heavy (non-hydrogen) atoms. The third-order valence-electron chi connectivity index (χ3n) is 2.47. The molecular weight excluding hydrogens is 202 g/mol. The average molecular weight is 212 g/mol. The van der Waals surface area contributed by atoms with Crippen LogP contribution >= 0.6 is 11.6 Å². The molecule has 1 aliphatic rings. The molecular formula is C9H10ClN3O. The van der Waals surface area contributed by atoms with Crippen molar-refractivity contribution in [2.45, 2.75) is 13.0 Å². The maximum atomic E-state index is 11.5. The second-order valence-electron chi connectivity index (χ2n) is 3.27. The summed E-state index contributed by atoms with van der Waals surface area (Å²) in [6.45, 7) is 1.84. The lowest BCUT2D eigenvalue weighted by Crippen LogP contribution is -2.44. The van der Waals surface area contributed by atoms with Crippen LogP contribution in [0.2, 0.25) is 5.15 Å². The van der Waals surface area contributed by atoms with E-state index in [1.807, 2.05) is 24.9 Å². The van der Waals surface area contributed by atoms with Crippen molar-refractivity contribution in [3.05, 3.63) is 17.4 Å². The first-order valence-electron chi connectivity index (χ1n) is 4.29. The lowest BCUT2D eigenvalue weighted by atomic mass is 10.1. The van der Waals surface area contributed by atoms with Crippen molar-refractivity contribution in [1.29, 1.82) is 0 Å². The number of anilines is 2. The van der Waals surface area contributed by atoms with E-state index in [1.54, 1.807) is 6.20 Å². The summed E-state index contributed by atoms with van der Waals surface area (Å²) in [4.78, 5) is 17.3. The Labute approximate surface area is 86.9 Å². The third kappa shape index (κ3) is 1.23. The van der Waals surface area contributed by atoms with Crippen LogP contribution in [0.5, 0.6) is 0 Å². The van der Waals surface area contributed by atoms with Crippen LogP contribution in [-0.4, -0.2) is 24.0 Å². The Balaban J connectivity index is 2.56. The zero-order valence-corrected chi connectivity index (χ0v) is 8.67. The summed E-state index contributed by atoms with van der Waals surface area (Å²) in [5, 5.41) is 3.06. The minimum atomic E-state index is -0.180. The predicted octanol–water partition coefficient (Wildman–Crippen LogP) is 1.51. The van der Waals surface area contributed by atoms with Crippen molar-refractivity contribution in [3.63, 3.8) is 0 Å². The molecule has 4 nitrogen and oxygen atoms in total. The molecule has 0 saturated carbocycles. The van der Waals surface area contributed by atoms with Crippen LogP contribution in [0, 0.1) is 0 Å². The summed E-state index contributed by atoms with van der Waals surface area (Å²) in [5.74, 6) is -0.0603. The summed E-state index contributed by atoms with van der Waals surface area (Å²) < 4.78 is 0. The molecule has 1 aliphatic heterocycles. The largest absolute Gasteiger partial charge is 0.361 e. The number of aromatic nitrogens is 1. The first kappa shape index (κ1) is 9.27. The van der Waals surface area contributed by atoms with E-state index in [1.165, 1.54) is 0 Å². The maximum Gasteiger partial charge on any atom is 0.246 e. The van der Waals surface area contributed by atoms with Gasteiger partial charge in [0, 0.05) is 13.2 Å². The molecule has 1 amide bonds. The Hall–Kier alpha value is -1.29. The van der Waals surface area contributed by atoms with E-state index in [0.717, 1.165) is 5.69 Å². The highest BCUT2D eigenvalue weighted by molar-refractivity contribution is 6.33. The molecule has 1 unspecified atom stereocenters. The number of carbonyl (C=O) groups is 1. The molecule has 2 heterocycles. The minimum Gasteiger partial charge on any atom is -0.361 e. The van der Waals surface area contributed by atoms with E-state index < -0.39 is 0 Å². The van der Waals surface area contributed by atoms with Crippen molar-refractivity contribution in [2.75, 3.05) is 17.3 Å².